The summed E-state index contributed by atoms with van der Waals surface area (Å²) in [7, 11) is 1.50. The van der Waals surface area contributed by atoms with Crippen LogP contribution in [-0.2, 0) is 4.74 Å². The van der Waals surface area contributed by atoms with Crippen LogP contribution in [0.1, 0.15) is 5.56 Å². The number of halogens is 2. The van der Waals surface area contributed by atoms with Gasteiger partial charge in [0.2, 0.25) is 0 Å². The summed E-state index contributed by atoms with van der Waals surface area (Å²) in [5, 5.41) is 5.10. The Morgan fingerprint density at radius 3 is 2.65 bits per heavy atom. The number of rotatable bonds is 5. The molecule has 2 rings (SSSR count). The molecule has 0 aromatic heterocycles. The molecule has 7 heteroatoms. The van der Waals surface area contributed by atoms with Gasteiger partial charge in [-0.25, -0.2) is 9.18 Å². The standard InChI is InChI=1S/C16H16BrFN2O3/c1-10-3-5-12(18)14(7-10)20-16(21)19-13-6-4-11(17)8-15(13)23-9-22-2/h3-8H,9H2,1-2H3,(H2,19,20,21). The second-order valence-electron chi connectivity index (χ2n) is 4.75. The molecule has 0 atom stereocenters. The van der Waals surface area contributed by atoms with E-state index in [2.05, 4.69) is 26.6 Å². The molecule has 0 unspecified atom stereocenters. The lowest BCUT2D eigenvalue weighted by Crippen LogP contribution is -2.20. The van der Waals surface area contributed by atoms with Gasteiger partial charge in [-0.2, -0.15) is 0 Å². The van der Waals surface area contributed by atoms with Crippen molar-refractivity contribution < 1.29 is 18.7 Å². The van der Waals surface area contributed by atoms with E-state index in [-0.39, 0.29) is 12.5 Å². The third-order valence-electron chi connectivity index (χ3n) is 2.89. The molecule has 2 aromatic rings. The van der Waals surface area contributed by atoms with Crippen LogP contribution in [0.3, 0.4) is 0 Å². The Morgan fingerprint density at radius 1 is 1.17 bits per heavy atom. The third-order valence-corrected chi connectivity index (χ3v) is 3.39. The molecule has 0 heterocycles. The maximum atomic E-state index is 13.7. The van der Waals surface area contributed by atoms with Crippen molar-refractivity contribution in [3.63, 3.8) is 0 Å². The van der Waals surface area contributed by atoms with Gasteiger partial charge < -0.3 is 20.1 Å². The maximum absolute atomic E-state index is 13.7. The van der Waals surface area contributed by atoms with Crippen LogP contribution in [0.4, 0.5) is 20.6 Å². The lowest BCUT2D eigenvalue weighted by Gasteiger charge is -2.13. The zero-order valence-corrected chi connectivity index (χ0v) is 14.2. The van der Waals surface area contributed by atoms with E-state index in [0.29, 0.717) is 11.4 Å². The minimum Gasteiger partial charge on any atom is -0.465 e. The van der Waals surface area contributed by atoms with Crippen molar-refractivity contribution in [2.75, 3.05) is 24.5 Å². The van der Waals surface area contributed by atoms with Gasteiger partial charge >= 0.3 is 6.03 Å². The first-order valence-corrected chi connectivity index (χ1v) is 7.54. The van der Waals surface area contributed by atoms with Crippen LogP contribution >= 0.6 is 15.9 Å². The minimum absolute atomic E-state index is 0.0409. The van der Waals surface area contributed by atoms with Crippen molar-refractivity contribution >= 4 is 33.3 Å². The second kappa shape index (κ2) is 7.94. The van der Waals surface area contributed by atoms with E-state index in [9.17, 15) is 9.18 Å². The molecule has 0 fully saturated rings. The monoisotopic (exact) mass is 382 g/mol. The number of hydrogen-bond acceptors (Lipinski definition) is 3. The molecule has 2 aromatic carbocycles. The van der Waals surface area contributed by atoms with Crippen LogP contribution in [-0.4, -0.2) is 19.9 Å². The fourth-order valence-corrected chi connectivity index (χ4v) is 2.19. The molecule has 122 valence electrons. The van der Waals surface area contributed by atoms with Crippen LogP contribution < -0.4 is 15.4 Å². The molecule has 0 aliphatic rings. The normalized spacial score (nSPS) is 10.3. The van der Waals surface area contributed by atoms with Crippen molar-refractivity contribution in [1.82, 2.24) is 0 Å². The van der Waals surface area contributed by atoms with Crippen molar-refractivity contribution in [2.45, 2.75) is 6.92 Å². The van der Waals surface area contributed by atoms with Gasteiger partial charge in [0.25, 0.3) is 0 Å². The number of ether oxygens (including phenoxy) is 2. The summed E-state index contributed by atoms with van der Waals surface area (Å²) in [4.78, 5) is 12.1. The number of urea groups is 1. The third kappa shape index (κ3) is 4.94. The van der Waals surface area contributed by atoms with Gasteiger partial charge in [0, 0.05) is 11.6 Å². The predicted molar refractivity (Wildman–Crippen MR) is 90.4 cm³/mol. The van der Waals surface area contributed by atoms with Crippen LogP contribution in [0, 0.1) is 12.7 Å². The molecule has 0 aliphatic heterocycles. The predicted octanol–water partition coefficient (Wildman–Crippen LogP) is 4.52. The molecule has 0 radical (unpaired) electrons. The molecule has 0 saturated carbocycles. The number of nitrogens with one attached hydrogen (secondary N) is 2. The zero-order chi connectivity index (χ0) is 16.8. The Balaban J connectivity index is 2.12. The SMILES string of the molecule is COCOc1cc(Br)ccc1NC(=O)Nc1cc(C)ccc1F. The van der Waals surface area contributed by atoms with Crippen LogP contribution in [0.5, 0.6) is 5.75 Å². The molecule has 5 nitrogen and oxygen atoms in total. The number of benzene rings is 2. The summed E-state index contributed by atoms with van der Waals surface area (Å²) in [6.07, 6.45) is 0. The maximum Gasteiger partial charge on any atom is 0.323 e. The molecular weight excluding hydrogens is 367 g/mol. The van der Waals surface area contributed by atoms with E-state index < -0.39 is 11.8 Å². The van der Waals surface area contributed by atoms with E-state index in [1.165, 1.54) is 13.2 Å². The number of anilines is 2. The smallest absolute Gasteiger partial charge is 0.323 e. The highest BCUT2D eigenvalue weighted by Crippen LogP contribution is 2.28. The Labute approximate surface area is 141 Å². The molecule has 0 aliphatic carbocycles. The quantitative estimate of drug-likeness (QED) is 0.747. The van der Waals surface area contributed by atoms with Crippen LogP contribution in [0.2, 0.25) is 0 Å². The van der Waals surface area contributed by atoms with Crippen molar-refractivity contribution in [3.8, 4) is 5.75 Å². The number of aryl methyl sites for hydroxylation is 1. The second-order valence-corrected chi connectivity index (χ2v) is 5.67. The van der Waals surface area contributed by atoms with E-state index in [0.717, 1.165) is 10.0 Å². The van der Waals surface area contributed by atoms with Crippen LogP contribution in [0.25, 0.3) is 0 Å². The van der Waals surface area contributed by atoms with E-state index in [4.69, 9.17) is 9.47 Å². The molecule has 2 N–H and O–H groups in total. The number of carbonyl (C=O) groups excluding carboxylic acids is 1. The lowest BCUT2D eigenvalue weighted by atomic mass is 10.2. The molecule has 0 bridgehead atoms. The van der Waals surface area contributed by atoms with Crippen molar-refractivity contribution in [1.29, 1.82) is 0 Å². The van der Waals surface area contributed by atoms with Gasteiger partial charge in [0.05, 0.1) is 11.4 Å². The Hall–Kier alpha value is -2.12. The van der Waals surface area contributed by atoms with Gasteiger partial charge in [0.1, 0.15) is 11.6 Å². The topological polar surface area (TPSA) is 59.6 Å². The van der Waals surface area contributed by atoms with E-state index in [1.807, 2.05) is 6.92 Å². The highest BCUT2D eigenvalue weighted by molar-refractivity contribution is 9.10. The first-order valence-electron chi connectivity index (χ1n) is 6.75. The molecule has 2 amide bonds. The average Bonchev–Trinajstić information content (AvgIpc) is 2.51. The summed E-state index contributed by atoms with van der Waals surface area (Å²) in [6.45, 7) is 1.85. The van der Waals surface area contributed by atoms with Crippen LogP contribution in [0.15, 0.2) is 40.9 Å². The fourth-order valence-electron chi connectivity index (χ4n) is 1.85. The first-order chi connectivity index (χ1) is 11.0. The summed E-state index contributed by atoms with van der Waals surface area (Å²) in [5.41, 5.74) is 1.39. The summed E-state index contributed by atoms with van der Waals surface area (Å²) in [6, 6.07) is 9.03. The average molecular weight is 383 g/mol. The minimum atomic E-state index is -0.570. The van der Waals surface area contributed by atoms with Gasteiger partial charge in [-0.15, -0.1) is 0 Å². The number of hydrogen-bond donors (Lipinski definition) is 2. The first kappa shape index (κ1) is 17.2. The van der Waals surface area contributed by atoms with Gasteiger partial charge in [-0.05, 0) is 42.8 Å². The van der Waals surface area contributed by atoms with E-state index in [1.54, 1.807) is 30.3 Å². The molecular formula is C16H16BrFN2O3. The largest absolute Gasteiger partial charge is 0.465 e. The van der Waals surface area contributed by atoms with Gasteiger partial charge in [-0.3, -0.25) is 0 Å². The number of amides is 2. The summed E-state index contributed by atoms with van der Waals surface area (Å²) >= 11 is 3.33. The van der Waals surface area contributed by atoms with Crippen molar-refractivity contribution in [3.05, 3.63) is 52.3 Å². The highest BCUT2D eigenvalue weighted by Gasteiger charge is 2.11. The Kier molecular flexibility index (Phi) is 5.95. The summed E-state index contributed by atoms with van der Waals surface area (Å²) < 4.78 is 24.7. The molecule has 23 heavy (non-hydrogen) atoms. The Morgan fingerprint density at radius 2 is 1.91 bits per heavy atom. The van der Waals surface area contributed by atoms with E-state index >= 15 is 0 Å². The lowest BCUT2D eigenvalue weighted by molar-refractivity contribution is 0.0516. The molecule has 0 spiro atoms. The number of methoxy groups -OCH3 is 1. The van der Waals surface area contributed by atoms with Gasteiger partial charge in [0.15, 0.2) is 6.79 Å². The zero-order valence-electron chi connectivity index (χ0n) is 12.7. The summed E-state index contributed by atoms with van der Waals surface area (Å²) in [5.74, 6) is -0.0708. The molecule has 0 saturated heterocycles. The number of carbonyl (C=O) groups is 1. The van der Waals surface area contributed by atoms with Crippen molar-refractivity contribution in [2.24, 2.45) is 0 Å². The fraction of sp³-hybridized carbons (Fsp3) is 0.188. The highest BCUT2D eigenvalue weighted by atomic mass is 79.9. The van der Waals surface area contributed by atoms with Gasteiger partial charge in [-0.1, -0.05) is 22.0 Å². The Bertz CT molecular complexity index is 710.